The molecule has 0 saturated carbocycles. The minimum absolute atomic E-state index is 0.0938. The van der Waals surface area contributed by atoms with Gasteiger partial charge in [-0.1, -0.05) is 13.8 Å². The van der Waals surface area contributed by atoms with Crippen molar-refractivity contribution in [2.45, 2.75) is 26.8 Å². The number of nitrogens with zero attached hydrogens (tertiary/aromatic N) is 1. The van der Waals surface area contributed by atoms with Gasteiger partial charge in [0.2, 0.25) is 0 Å². The number of carboxylic acids is 1. The van der Waals surface area contributed by atoms with Crippen molar-refractivity contribution < 1.29 is 19.4 Å². The number of aliphatic carboxylic acids is 1. The fraction of sp³-hybridized carbons (Fsp3) is 0.462. The number of ether oxygens (including phenoxy) is 1. The number of aromatic nitrogens is 1. The van der Waals surface area contributed by atoms with Crippen molar-refractivity contribution in [1.82, 2.24) is 4.98 Å². The van der Waals surface area contributed by atoms with Crippen LogP contribution in [0, 0.1) is 5.92 Å². The van der Waals surface area contributed by atoms with E-state index in [2.05, 4.69) is 10.3 Å². The molecule has 19 heavy (non-hydrogen) atoms. The molecule has 0 fully saturated rings. The van der Waals surface area contributed by atoms with Gasteiger partial charge in [-0.2, -0.15) is 0 Å². The third kappa shape index (κ3) is 4.24. The van der Waals surface area contributed by atoms with Crippen LogP contribution in [0.3, 0.4) is 0 Å². The highest BCUT2D eigenvalue weighted by molar-refractivity contribution is 5.90. The Hall–Kier alpha value is -2.11. The van der Waals surface area contributed by atoms with Crippen LogP contribution in [0.1, 0.15) is 31.1 Å². The Morgan fingerprint density at radius 2 is 2.11 bits per heavy atom. The second-order valence-corrected chi connectivity index (χ2v) is 4.39. The minimum atomic E-state index is -0.948. The van der Waals surface area contributed by atoms with E-state index < -0.39 is 18.0 Å². The van der Waals surface area contributed by atoms with Crippen molar-refractivity contribution in [2.75, 3.05) is 11.9 Å². The van der Waals surface area contributed by atoms with Crippen LogP contribution >= 0.6 is 0 Å². The predicted molar refractivity (Wildman–Crippen MR) is 70.1 cm³/mol. The zero-order chi connectivity index (χ0) is 14.4. The van der Waals surface area contributed by atoms with E-state index in [1.165, 1.54) is 18.5 Å². The fourth-order valence-electron chi connectivity index (χ4n) is 1.54. The van der Waals surface area contributed by atoms with Gasteiger partial charge < -0.3 is 15.2 Å². The Balaban J connectivity index is 2.87. The molecule has 0 aliphatic rings. The van der Waals surface area contributed by atoms with Crippen LogP contribution in [0.15, 0.2) is 18.5 Å². The van der Waals surface area contributed by atoms with E-state index >= 15 is 0 Å². The predicted octanol–water partition coefficient (Wildman–Crippen LogP) is 1.78. The van der Waals surface area contributed by atoms with E-state index in [1.807, 2.05) is 0 Å². The molecular formula is C13H18N2O4. The van der Waals surface area contributed by atoms with Gasteiger partial charge in [-0.15, -0.1) is 0 Å². The summed E-state index contributed by atoms with van der Waals surface area (Å²) in [5, 5.41) is 11.9. The highest BCUT2D eigenvalue weighted by Gasteiger charge is 2.21. The molecular weight excluding hydrogens is 248 g/mol. The molecule has 1 unspecified atom stereocenters. The summed E-state index contributed by atoms with van der Waals surface area (Å²) in [5.41, 5.74) is 0.770. The highest BCUT2D eigenvalue weighted by atomic mass is 16.5. The number of rotatable bonds is 6. The van der Waals surface area contributed by atoms with E-state index in [-0.39, 0.29) is 12.5 Å². The second kappa shape index (κ2) is 6.72. The van der Waals surface area contributed by atoms with E-state index in [9.17, 15) is 9.59 Å². The van der Waals surface area contributed by atoms with Crippen LogP contribution in [0.4, 0.5) is 5.69 Å². The van der Waals surface area contributed by atoms with Crippen molar-refractivity contribution in [3.05, 3.63) is 24.0 Å². The molecule has 1 rings (SSSR count). The molecule has 6 nitrogen and oxygen atoms in total. The van der Waals surface area contributed by atoms with E-state index in [4.69, 9.17) is 9.84 Å². The molecule has 0 aliphatic heterocycles. The maximum absolute atomic E-state index is 11.5. The average molecular weight is 266 g/mol. The van der Waals surface area contributed by atoms with Crippen LogP contribution in [0.5, 0.6) is 0 Å². The molecule has 0 saturated heterocycles. The number of nitrogens with one attached hydrogen (secondary N) is 1. The van der Waals surface area contributed by atoms with Gasteiger partial charge in [-0.3, -0.25) is 4.98 Å². The number of esters is 1. The van der Waals surface area contributed by atoms with E-state index in [1.54, 1.807) is 20.8 Å². The first-order valence-electron chi connectivity index (χ1n) is 6.07. The van der Waals surface area contributed by atoms with Crippen LogP contribution < -0.4 is 5.32 Å². The molecule has 0 spiro atoms. The summed E-state index contributed by atoms with van der Waals surface area (Å²) in [6, 6.07) is 0.794. The largest absolute Gasteiger partial charge is 0.480 e. The van der Waals surface area contributed by atoms with Crippen molar-refractivity contribution in [2.24, 2.45) is 5.92 Å². The van der Waals surface area contributed by atoms with Gasteiger partial charge in [0.25, 0.3) is 0 Å². The number of carbonyl (C=O) groups excluding carboxylic acids is 1. The Kier molecular flexibility index (Phi) is 5.29. The van der Waals surface area contributed by atoms with Crippen molar-refractivity contribution >= 4 is 17.6 Å². The Bertz CT molecular complexity index is 460. The zero-order valence-electron chi connectivity index (χ0n) is 11.2. The van der Waals surface area contributed by atoms with Crippen molar-refractivity contribution in [1.29, 1.82) is 0 Å². The van der Waals surface area contributed by atoms with Gasteiger partial charge in [0.05, 0.1) is 24.1 Å². The lowest BCUT2D eigenvalue weighted by molar-refractivity contribution is -0.138. The van der Waals surface area contributed by atoms with Crippen LogP contribution in [0.2, 0.25) is 0 Å². The topological polar surface area (TPSA) is 88.5 Å². The number of carboxylic acid groups (broad SMARTS) is 1. The van der Waals surface area contributed by atoms with Gasteiger partial charge in [0.1, 0.15) is 6.04 Å². The normalized spacial score (nSPS) is 12.0. The number of anilines is 1. The molecule has 6 heteroatoms. The monoisotopic (exact) mass is 266 g/mol. The number of carbonyl (C=O) groups is 2. The quantitative estimate of drug-likeness (QED) is 0.763. The summed E-state index contributed by atoms with van der Waals surface area (Å²) >= 11 is 0. The van der Waals surface area contributed by atoms with Crippen LogP contribution in [-0.2, 0) is 9.53 Å². The third-order valence-electron chi connectivity index (χ3n) is 2.50. The molecule has 1 atom stereocenters. The summed E-state index contributed by atoms with van der Waals surface area (Å²) in [6.45, 7) is 5.59. The summed E-state index contributed by atoms with van der Waals surface area (Å²) in [7, 11) is 0. The molecule has 2 N–H and O–H groups in total. The van der Waals surface area contributed by atoms with Gasteiger partial charge in [-0.25, -0.2) is 9.59 Å². The third-order valence-corrected chi connectivity index (χ3v) is 2.50. The number of hydrogen-bond acceptors (Lipinski definition) is 5. The molecule has 1 aromatic rings. The fourth-order valence-corrected chi connectivity index (χ4v) is 1.54. The Labute approximate surface area is 111 Å². The smallest absolute Gasteiger partial charge is 0.339 e. The first kappa shape index (κ1) is 14.9. The summed E-state index contributed by atoms with van der Waals surface area (Å²) in [6.07, 6.45) is 2.86. The standard InChI is InChI=1S/C13H18N2O4/c1-4-19-13(18)9-5-10(7-14-6-9)15-11(8(2)3)12(16)17/h5-8,11,15H,4H2,1-3H3,(H,16,17). The van der Waals surface area contributed by atoms with Crippen LogP contribution in [0.25, 0.3) is 0 Å². The van der Waals surface area contributed by atoms with Gasteiger partial charge in [0, 0.05) is 6.20 Å². The van der Waals surface area contributed by atoms with Crippen molar-refractivity contribution in [3.8, 4) is 0 Å². The van der Waals surface area contributed by atoms with E-state index in [0.717, 1.165) is 0 Å². The summed E-state index contributed by atoms with van der Waals surface area (Å²) < 4.78 is 4.86. The minimum Gasteiger partial charge on any atom is -0.480 e. The SMILES string of the molecule is CCOC(=O)c1cncc(NC(C(=O)O)C(C)C)c1. The zero-order valence-corrected chi connectivity index (χ0v) is 11.2. The Morgan fingerprint density at radius 1 is 1.42 bits per heavy atom. The lowest BCUT2D eigenvalue weighted by atomic mass is 10.0. The summed E-state index contributed by atoms with van der Waals surface area (Å²) in [4.78, 5) is 26.5. The maximum Gasteiger partial charge on any atom is 0.339 e. The first-order chi connectivity index (χ1) is 8.95. The summed E-state index contributed by atoms with van der Waals surface area (Å²) in [5.74, 6) is -1.52. The molecule has 1 aromatic heterocycles. The molecule has 0 aromatic carbocycles. The average Bonchev–Trinajstić information content (AvgIpc) is 2.36. The second-order valence-electron chi connectivity index (χ2n) is 4.39. The van der Waals surface area contributed by atoms with E-state index in [0.29, 0.717) is 11.3 Å². The molecule has 0 aliphatic carbocycles. The Morgan fingerprint density at radius 3 is 2.63 bits per heavy atom. The first-order valence-corrected chi connectivity index (χ1v) is 6.07. The van der Waals surface area contributed by atoms with Gasteiger partial charge in [-0.05, 0) is 18.9 Å². The lowest BCUT2D eigenvalue weighted by Gasteiger charge is -2.19. The molecule has 1 heterocycles. The molecule has 0 bridgehead atoms. The maximum atomic E-state index is 11.5. The highest BCUT2D eigenvalue weighted by Crippen LogP contribution is 2.14. The molecule has 104 valence electrons. The van der Waals surface area contributed by atoms with Gasteiger partial charge >= 0.3 is 11.9 Å². The van der Waals surface area contributed by atoms with Crippen LogP contribution in [-0.4, -0.2) is 34.7 Å². The molecule has 0 radical (unpaired) electrons. The lowest BCUT2D eigenvalue weighted by Crippen LogP contribution is -2.34. The van der Waals surface area contributed by atoms with Crippen molar-refractivity contribution in [3.63, 3.8) is 0 Å². The van der Waals surface area contributed by atoms with Gasteiger partial charge in [0.15, 0.2) is 0 Å². The molecule has 0 amide bonds. The number of hydrogen-bond donors (Lipinski definition) is 2. The number of pyridine rings is 1.